The fraction of sp³-hybridized carbons (Fsp3) is 0.789. The molecule has 4 heteroatoms. The van der Waals surface area contributed by atoms with Crippen LogP contribution in [0.1, 0.15) is 33.1 Å². The molecule has 0 radical (unpaired) electrons. The van der Waals surface area contributed by atoms with Crippen LogP contribution in [0.25, 0.3) is 0 Å². The molecule has 3 rings (SSSR count). The first-order valence-electron chi connectivity index (χ1n) is 8.90. The summed E-state index contributed by atoms with van der Waals surface area (Å²) in [4.78, 5) is 0. The maximum Gasteiger partial charge on any atom is 0.0954 e. The van der Waals surface area contributed by atoms with Gasteiger partial charge in [0.25, 0.3) is 0 Å². The van der Waals surface area contributed by atoms with Crippen molar-refractivity contribution in [3.05, 3.63) is 23.8 Å². The Morgan fingerprint density at radius 1 is 1.30 bits per heavy atom. The monoisotopic (exact) mass is 322 g/mol. The third-order valence-electron chi connectivity index (χ3n) is 7.10. The predicted octanol–water partition coefficient (Wildman–Crippen LogP) is 1.49. The molecule has 0 saturated heterocycles. The number of aliphatic hydroxyl groups excluding tert-OH is 4. The Morgan fingerprint density at radius 3 is 2.70 bits per heavy atom. The lowest BCUT2D eigenvalue weighted by Gasteiger charge is -2.58. The molecule has 3 fully saturated rings. The van der Waals surface area contributed by atoms with Gasteiger partial charge in [0.2, 0.25) is 0 Å². The molecular formula is C19H30O4. The third kappa shape index (κ3) is 2.51. The smallest absolute Gasteiger partial charge is 0.0954 e. The van der Waals surface area contributed by atoms with Crippen LogP contribution in [0.15, 0.2) is 23.8 Å². The molecule has 3 saturated carbocycles. The number of hydrogen-bond acceptors (Lipinski definition) is 4. The molecule has 0 amide bonds. The van der Waals surface area contributed by atoms with E-state index in [1.54, 1.807) is 6.08 Å². The summed E-state index contributed by atoms with van der Waals surface area (Å²) in [7, 11) is 0. The minimum absolute atomic E-state index is 0.00266. The van der Waals surface area contributed by atoms with Crippen molar-refractivity contribution in [2.24, 2.45) is 35.0 Å². The van der Waals surface area contributed by atoms with E-state index in [-0.39, 0.29) is 30.7 Å². The molecule has 130 valence electrons. The van der Waals surface area contributed by atoms with E-state index in [0.717, 1.165) is 12.0 Å². The van der Waals surface area contributed by atoms with E-state index in [9.17, 15) is 15.3 Å². The lowest BCUT2D eigenvalue weighted by Crippen LogP contribution is -2.57. The Kier molecular flexibility index (Phi) is 4.71. The Balaban J connectivity index is 1.82. The highest BCUT2D eigenvalue weighted by atomic mass is 16.3. The van der Waals surface area contributed by atoms with Crippen molar-refractivity contribution in [3.63, 3.8) is 0 Å². The molecule has 4 nitrogen and oxygen atoms in total. The molecule has 23 heavy (non-hydrogen) atoms. The number of hydrogen-bond donors (Lipinski definition) is 4. The third-order valence-corrected chi connectivity index (χ3v) is 7.10. The number of rotatable bonds is 5. The van der Waals surface area contributed by atoms with E-state index in [2.05, 4.69) is 13.8 Å². The topological polar surface area (TPSA) is 80.9 Å². The van der Waals surface area contributed by atoms with E-state index >= 15 is 0 Å². The van der Waals surface area contributed by atoms with Crippen molar-refractivity contribution in [2.45, 2.75) is 45.3 Å². The largest absolute Gasteiger partial charge is 0.393 e. The van der Waals surface area contributed by atoms with Crippen molar-refractivity contribution >= 4 is 0 Å². The van der Waals surface area contributed by atoms with Crippen LogP contribution in [0.4, 0.5) is 0 Å². The summed E-state index contributed by atoms with van der Waals surface area (Å²) in [5, 5.41) is 38.7. The van der Waals surface area contributed by atoms with Crippen molar-refractivity contribution < 1.29 is 20.4 Å². The second-order valence-corrected chi connectivity index (χ2v) is 8.02. The molecule has 0 heterocycles. The van der Waals surface area contributed by atoms with Crippen LogP contribution >= 0.6 is 0 Å². The van der Waals surface area contributed by atoms with Crippen LogP contribution in [-0.2, 0) is 0 Å². The predicted molar refractivity (Wildman–Crippen MR) is 88.5 cm³/mol. The minimum Gasteiger partial charge on any atom is -0.393 e. The summed E-state index contributed by atoms with van der Waals surface area (Å²) in [6, 6.07) is 0. The van der Waals surface area contributed by atoms with Gasteiger partial charge < -0.3 is 20.4 Å². The number of fused-ring (bicyclic) bond motifs is 4. The summed E-state index contributed by atoms with van der Waals surface area (Å²) >= 11 is 0. The van der Waals surface area contributed by atoms with Gasteiger partial charge in [0.1, 0.15) is 0 Å². The molecule has 3 aliphatic rings. The number of allylic oxidation sites excluding steroid dienone is 2. The zero-order valence-electron chi connectivity index (χ0n) is 14.1. The highest BCUT2D eigenvalue weighted by Gasteiger charge is 2.70. The summed E-state index contributed by atoms with van der Waals surface area (Å²) in [5.74, 6) is 2.68. The van der Waals surface area contributed by atoms with Gasteiger partial charge in [-0.05, 0) is 48.0 Å². The van der Waals surface area contributed by atoms with E-state index < -0.39 is 6.10 Å². The second-order valence-electron chi connectivity index (χ2n) is 8.02. The van der Waals surface area contributed by atoms with Gasteiger partial charge in [-0.15, -0.1) is 0 Å². The van der Waals surface area contributed by atoms with E-state index in [0.29, 0.717) is 23.7 Å². The maximum atomic E-state index is 10.7. The first-order valence-corrected chi connectivity index (χ1v) is 8.90. The lowest BCUT2D eigenvalue weighted by atomic mass is 9.46. The maximum absolute atomic E-state index is 10.7. The highest BCUT2D eigenvalue weighted by Crippen LogP contribution is 2.73. The first kappa shape index (κ1) is 17.2. The van der Waals surface area contributed by atoms with E-state index in [1.807, 2.05) is 6.08 Å². The Morgan fingerprint density at radius 2 is 2.04 bits per heavy atom. The Bertz CT molecular complexity index is 500. The summed E-state index contributed by atoms with van der Waals surface area (Å²) in [5.41, 5.74) is 0.944. The van der Waals surface area contributed by atoms with Crippen LogP contribution < -0.4 is 0 Å². The van der Waals surface area contributed by atoms with Gasteiger partial charge in [-0.2, -0.15) is 0 Å². The first-order chi connectivity index (χ1) is 10.9. The Labute approximate surface area is 138 Å². The highest BCUT2D eigenvalue weighted by molar-refractivity contribution is 5.27. The average Bonchev–Trinajstić information content (AvgIpc) is 2.97. The van der Waals surface area contributed by atoms with Crippen molar-refractivity contribution in [3.8, 4) is 0 Å². The summed E-state index contributed by atoms with van der Waals surface area (Å²) < 4.78 is 0. The Hall–Kier alpha value is -0.680. The molecule has 0 aromatic heterocycles. The van der Waals surface area contributed by atoms with Gasteiger partial charge in [0, 0.05) is 5.41 Å². The molecule has 8 atom stereocenters. The molecule has 3 aliphatic carbocycles. The second kappa shape index (κ2) is 6.32. The standard InChI is InChI=1S/C19H30O4/c1-11-6-7-15-17(11)18-14(8-16(23)19(15,18)2)12(9-20)4-3-5-13(22)10-21/h3-5,11,13-18,20-23H,6-10H2,1-2H3. The van der Waals surface area contributed by atoms with Crippen LogP contribution in [-0.4, -0.2) is 45.8 Å². The number of aliphatic hydroxyl groups is 4. The van der Waals surface area contributed by atoms with E-state index in [4.69, 9.17) is 5.11 Å². The normalized spacial score (nSPS) is 47.5. The van der Waals surface area contributed by atoms with Crippen LogP contribution in [0, 0.1) is 35.0 Å². The average molecular weight is 322 g/mol. The summed E-state index contributed by atoms with van der Waals surface area (Å²) in [6.45, 7) is 4.24. The fourth-order valence-electron chi connectivity index (χ4n) is 5.95. The molecule has 0 aromatic rings. The van der Waals surface area contributed by atoms with Gasteiger partial charge in [-0.25, -0.2) is 0 Å². The quantitative estimate of drug-likeness (QED) is 0.578. The zero-order chi connectivity index (χ0) is 16.8. The zero-order valence-corrected chi connectivity index (χ0v) is 14.1. The van der Waals surface area contributed by atoms with Crippen molar-refractivity contribution in [1.29, 1.82) is 0 Å². The van der Waals surface area contributed by atoms with Gasteiger partial charge >= 0.3 is 0 Å². The SMILES string of the molecule is CC1CCC2C1C1C(C(=CC=CC(O)CO)CO)CC(O)C21C. The van der Waals surface area contributed by atoms with Crippen molar-refractivity contribution in [2.75, 3.05) is 13.2 Å². The van der Waals surface area contributed by atoms with Crippen LogP contribution in [0.3, 0.4) is 0 Å². The lowest BCUT2D eigenvalue weighted by molar-refractivity contribution is -0.143. The van der Waals surface area contributed by atoms with Crippen LogP contribution in [0.2, 0.25) is 0 Å². The molecule has 0 aliphatic heterocycles. The van der Waals surface area contributed by atoms with Crippen molar-refractivity contribution in [1.82, 2.24) is 0 Å². The van der Waals surface area contributed by atoms with Gasteiger partial charge in [-0.1, -0.05) is 38.5 Å². The molecule has 8 unspecified atom stereocenters. The molecule has 0 bridgehead atoms. The molecule has 4 N–H and O–H groups in total. The van der Waals surface area contributed by atoms with Gasteiger partial charge in [-0.3, -0.25) is 0 Å². The van der Waals surface area contributed by atoms with Gasteiger partial charge in [0.05, 0.1) is 25.4 Å². The van der Waals surface area contributed by atoms with Gasteiger partial charge in [0.15, 0.2) is 0 Å². The molecule has 0 spiro atoms. The minimum atomic E-state index is -0.867. The molecular weight excluding hydrogens is 292 g/mol. The van der Waals surface area contributed by atoms with Crippen LogP contribution in [0.5, 0.6) is 0 Å². The summed E-state index contributed by atoms with van der Waals surface area (Å²) in [6.07, 6.45) is 7.15. The molecule has 0 aromatic carbocycles. The fourth-order valence-corrected chi connectivity index (χ4v) is 5.95. The van der Waals surface area contributed by atoms with E-state index in [1.165, 1.54) is 18.9 Å².